The van der Waals surface area contributed by atoms with Crippen LogP contribution in [0.3, 0.4) is 0 Å². The highest BCUT2D eigenvalue weighted by Gasteiger charge is 2.22. The number of nitrogens with one attached hydrogen (secondary N) is 1. The number of aromatic nitrogens is 2. The summed E-state index contributed by atoms with van der Waals surface area (Å²) in [6, 6.07) is -0.0545. The van der Waals surface area contributed by atoms with Crippen molar-refractivity contribution in [1.82, 2.24) is 15.3 Å². The van der Waals surface area contributed by atoms with Crippen molar-refractivity contribution < 1.29 is 9.47 Å². The lowest BCUT2D eigenvalue weighted by Gasteiger charge is -2.26. The van der Waals surface area contributed by atoms with E-state index in [4.69, 9.17) is 9.47 Å². The van der Waals surface area contributed by atoms with E-state index in [2.05, 4.69) is 15.3 Å². The second kappa shape index (κ2) is 7.27. The van der Waals surface area contributed by atoms with Gasteiger partial charge in [0.25, 0.3) is 0 Å². The summed E-state index contributed by atoms with van der Waals surface area (Å²) in [6.07, 6.45) is 4.72. The van der Waals surface area contributed by atoms with Gasteiger partial charge < -0.3 is 14.8 Å². The highest BCUT2D eigenvalue weighted by Crippen LogP contribution is 2.18. The molecule has 1 aromatic heterocycles. The first-order valence-corrected chi connectivity index (χ1v) is 5.48. The fraction of sp³-hybridized carbons (Fsp3) is 0.636. The van der Waals surface area contributed by atoms with Crippen LogP contribution < -0.4 is 5.32 Å². The molecule has 0 aliphatic carbocycles. The van der Waals surface area contributed by atoms with Crippen LogP contribution in [0, 0.1) is 0 Å². The Morgan fingerprint density at radius 3 is 2.19 bits per heavy atom. The maximum Gasteiger partial charge on any atom is 0.176 e. The van der Waals surface area contributed by atoms with E-state index < -0.39 is 0 Å². The van der Waals surface area contributed by atoms with Crippen molar-refractivity contribution >= 4 is 0 Å². The van der Waals surface area contributed by atoms with Gasteiger partial charge in [-0.2, -0.15) is 0 Å². The third kappa shape index (κ3) is 3.52. The van der Waals surface area contributed by atoms with E-state index in [1.54, 1.807) is 12.4 Å². The summed E-state index contributed by atoms with van der Waals surface area (Å²) in [5, 5.41) is 3.16. The number of rotatable bonds is 7. The molecule has 0 bridgehead atoms. The van der Waals surface area contributed by atoms with Crippen molar-refractivity contribution in [3.8, 4) is 0 Å². The van der Waals surface area contributed by atoms with E-state index in [0.29, 0.717) is 13.2 Å². The van der Waals surface area contributed by atoms with Crippen molar-refractivity contribution in [2.45, 2.75) is 26.2 Å². The zero-order valence-corrected chi connectivity index (χ0v) is 10.0. The molecule has 5 heteroatoms. The van der Waals surface area contributed by atoms with Gasteiger partial charge in [-0.25, -0.2) is 9.97 Å². The van der Waals surface area contributed by atoms with Gasteiger partial charge in [-0.1, -0.05) is 0 Å². The lowest BCUT2D eigenvalue weighted by atomic mass is 10.1. The minimum absolute atomic E-state index is 0.0545. The monoisotopic (exact) mass is 225 g/mol. The van der Waals surface area contributed by atoms with Crippen molar-refractivity contribution in [1.29, 1.82) is 0 Å². The van der Waals surface area contributed by atoms with Crippen molar-refractivity contribution in [3.63, 3.8) is 0 Å². The highest BCUT2D eigenvalue weighted by atomic mass is 16.7. The van der Waals surface area contributed by atoms with E-state index in [1.807, 2.05) is 20.9 Å². The summed E-state index contributed by atoms with van der Waals surface area (Å²) in [6.45, 7) is 5.10. The molecule has 1 rings (SSSR count). The number of nitrogens with zero attached hydrogens (tertiary/aromatic N) is 2. The van der Waals surface area contributed by atoms with Gasteiger partial charge in [-0.05, 0) is 20.9 Å². The van der Waals surface area contributed by atoms with Gasteiger partial charge in [0.05, 0.1) is 6.04 Å². The average molecular weight is 225 g/mol. The van der Waals surface area contributed by atoms with E-state index in [9.17, 15) is 0 Å². The standard InChI is InChI=1S/C11H19N3O2/c1-4-15-11(16-5-2)10(12-3)9-6-13-8-14-7-9/h6-8,10-12H,4-5H2,1-3H3. The molecule has 0 fully saturated rings. The van der Waals surface area contributed by atoms with Crippen molar-refractivity contribution in [2.24, 2.45) is 0 Å². The molecular weight excluding hydrogens is 206 g/mol. The molecule has 1 atom stereocenters. The molecule has 5 nitrogen and oxygen atoms in total. The van der Waals surface area contributed by atoms with Crippen LogP contribution in [0.15, 0.2) is 18.7 Å². The molecular formula is C11H19N3O2. The molecule has 1 N–H and O–H groups in total. The molecule has 0 saturated carbocycles. The van der Waals surface area contributed by atoms with Gasteiger partial charge in [0.2, 0.25) is 0 Å². The summed E-state index contributed by atoms with van der Waals surface area (Å²) in [4.78, 5) is 7.99. The van der Waals surface area contributed by atoms with E-state index in [0.717, 1.165) is 5.56 Å². The molecule has 1 aromatic rings. The Hall–Kier alpha value is -1.04. The Morgan fingerprint density at radius 1 is 1.19 bits per heavy atom. The maximum absolute atomic E-state index is 5.55. The number of likely N-dealkylation sites (N-methyl/N-ethyl adjacent to an activating group) is 1. The predicted molar refractivity (Wildman–Crippen MR) is 60.9 cm³/mol. The molecule has 0 spiro atoms. The second-order valence-electron chi connectivity index (χ2n) is 3.22. The van der Waals surface area contributed by atoms with Crippen molar-refractivity contribution in [2.75, 3.05) is 20.3 Å². The quantitative estimate of drug-likeness (QED) is 0.705. The molecule has 0 radical (unpaired) electrons. The molecule has 16 heavy (non-hydrogen) atoms. The van der Waals surface area contributed by atoms with Gasteiger partial charge in [0, 0.05) is 31.2 Å². The largest absolute Gasteiger partial charge is 0.351 e. The number of hydrogen-bond acceptors (Lipinski definition) is 5. The summed E-state index contributed by atoms with van der Waals surface area (Å²) >= 11 is 0. The van der Waals surface area contributed by atoms with Crippen LogP contribution in [-0.4, -0.2) is 36.5 Å². The van der Waals surface area contributed by atoms with Crippen LogP contribution >= 0.6 is 0 Å². The fourth-order valence-electron chi connectivity index (χ4n) is 1.50. The molecule has 0 aliphatic heterocycles. The Bertz CT molecular complexity index is 276. The summed E-state index contributed by atoms with van der Waals surface area (Å²) in [7, 11) is 1.86. The van der Waals surface area contributed by atoms with Crippen LogP contribution in [0.5, 0.6) is 0 Å². The Kier molecular flexibility index (Phi) is 5.92. The zero-order chi connectivity index (χ0) is 11.8. The first-order valence-electron chi connectivity index (χ1n) is 5.48. The smallest absolute Gasteiger partial charge is 0.176 e. The Labute approximate surface area is 96.2 Å². The van der Waals surface area contributed by atoms with E-state index in [-0.39, 0.29) is 12.3 Å². The SMILES string of the molecule is CCOC(OCC)C(NC)c1cncnc1. The summed E-state index contributed by atoms with van der Waals surface area (Å²) in [5.74, 6) is 0. The lowest BCUT2D eigenvalue weighted by Crippen LogP contribution is -2.34. The highest BCUT2D eigenvalue weighted by molar-refractivity contribution is 5.10. The molecule has 0 amide bonds. The van der Waals surface area contributed by atoms with Crippen LogP contribution in [0.25, 0.3) is 0 Å². The molecule has 90 valence electrons. The Balaban J connectivity index is 2.77. The van der Waals surface area contributed by atoms with Crippen LogP contribution in [0.1, 0.15) is 25.5 Å². The van der Waals surface area contributed by atoms with Crippen LogP contribution in [-0.2, 0) is 9.47 Å². The zero-order valence-electron chi connectivity index (χ0n) is 10.0. The lowest BCUT2D eigenvalue weighted by molar-refractivity contribution is -0.154. The van der Waals surface area contributed by atoms with Crippen LogP contribution in [0.2, 0.25) is 0 Å². The first kappa shape index (κ1) is 13.0. The number of hydrogen-bond donors (Lipinski definition) is 1. The van der Waals surface area contributed by atoms with Gasteiger partial charge in [-0.3, -0.25) is 0 Å². The fourth-order valence-corrected chi connectivity index (χ4v) is 1.50. The third-order valence-corrected chi connectivity index (χ3v) is 2.18. The molecule has 0 saturated heterocycles. The molecule has 0 aromatic carbocycles. The Morgan fingerprint density at radius 2 is 1.75 bits per heavy atom. The van der Waals surface area contributed by atoms with E-state index in [1.165, 1.54) is 6.33 Å². The van der Waals surface area contributed by atoms with Gasteiger partial charge in [0.1, 0.15) is 6.33 Å². The second-order valence-corrected chi connectivity index (χ2v) is 3.22. The minimum atomic E-state index is -0.314. The minimum Gasteiger partial charge on any atom is -0.351 e. The topological polar surface area (TPSA) is 56.3 Å². The molecule has 1 heterocycles. The third-order valence-electron chi connectivity index (χ3n) is 2.18. The van der Waals surface area contributed by atoms with Crippen molar-refractivity contribution in [3.05, 3.63) is 24.3 Å². The summed E-state index contributed by atoms with van der Waals surface area (Å²) in [5.41, 5.74) is 0.955. The van der Waals surface area contributed by atoms with Gasteiger partial charge in [-0.15, -0.1) is 0 Å². The average Bonchev–Trinajstić information content (AvgIpc) is 2.32. The number of ether oxygens (including phenoxy) is 2. The molecule has 1 unspecified atom stereocenters. The molecule has 0 aliphatic rings. The van der Waals surface area contributed by atoms with Gasteiger partial charge >= 0.3 is 0 Å². The van der Waals surface area contributed by atoms with Crippen LogP contribution in [0.4, 0.5) is 0 Å². The van der Waals surface area contributed by atoms with E-state index >= 15 is 0 Å². The predicted octanol–water partition coefficient (Wildman–Crippen LogP) is 1.14. The normalized spacial score (nSPS) is 13.0. The maximum atomic E-state index is 5.55. The van der Waals surface area contributed by atoms with Gasteiger partial charge in [0.15, 0.2) is 6.29 Å². The summed E-state index contributed by atoms with van der Waals surface area (Å²) < 4.78 is 11.1. The first-order chi connectivity index (χ1) is 7.83.